The number of carbonyl (C=O) groups is 2. The predicted octanol–water partition coefficient (Wildman–Crippen LogP) is 6.51. The quantitative estimate of drug-likeness (QED) is 0.116. The minimum absolute atomic E-state index is 0.0642. The van der Waals surface area contributed by atoms with E-state index in [1.165, 1.54) is 0 Å². The van der Waals surface area contributed by atoms with Crippen molar-refractivity contribution in [2.75, 3.05) is 39.4 Å². The summed E-state index contributed by atoms with van der Waals surface area (Å²) in [6.45, 7) is 6.45. The van der Waals surface area contributed by atoms with Gasteiger partial charge in [-0.25, -0.2) is 0 Å². The average Bonchev–Trinajstić information content (AvgIpc) is 3.34. The summed E-state index contributed by atoms with van der Waals surface area (Å²) in [5.74, 6) is 0.350. The molecule has 2 heterocycles. The van der Waals surface area contributed by atoms with Crippen LogP contribution in [0.1, 0.15) is 34.7 Å². The van der Waals surface area contributed by atoms with Crippen molar-refractivity contribution in [2.24, 2.45) is 0 Å². The number of rotatable bonds is 11. The maximum atomic E-state index is 13.7. The number of carbonyl (C=O) groups excluding carboxylic acids is 2. The predicted molar refractivity (Wildman–Crippen MR) is 176 cm³/mol. The number of ketones is 1. The third-order valence-electron chi connectivity index (χ3n) is 8.37. The van der Waals surface area contributed by atoms with Crippen molar-refractivity contribution in [3.8, 4) is 17.2 Å². The molecule has 1 atom stereocenters. The van der Waals surface area contributed by atoms with Gasteiger partial charge in [-0.3, -0.25) is 14.5 Å². The van der Waals surface area contributed by atoms with Crippen LogP contribution in [0.5, 0.6) is 17.2 Å². The molecule has 1 amide bonds. The van der Waals surface area contributed by atoms with Crippen molar-refractivity contribution < 1.29 is 28.9 Å². The Kier molecular flexibility index (Phi) is 9.76. The Morgan fingerprint density at radius 1 is 0.826 bits per heavy atom. The van der Waals surface area contributed by atoms with Crippen LogP contribution < -0.4 is 9.47 Å². The molecule has 0 aromatic heterocycles. The summed E-state index contributed by atoms with van der Waals surface area (Å²) in [6.07, 6.45) is 0.677. The van der Waals surface area contributed by atoms with E-state index in [1.807, 2.05) is 97.9 Å². The van der Waals surface area contributed by atoms with Crippen molar-refractivity contribution in [1.82, 2.24) is 9.80 Å². The maximum absolute atomic E-state index is 13.7. The minimum atomic E-state index is -0.780. The van der Waals surface area contributed by atoms with Crippen molar-refractivity contribution in [3.05, 3.63) is 131 Å². The Labute approximate surface area is 269 Å². The molecule has 0 saturated carbocycles. The first kappa shape index (κ1) is 31.1. The summed E-state index contributed by atoms with van der Waals surface area (Å²) in [7, 11) is 0. The molecule has 0 unspecified atom stereocenters. The lowest BCUT2D eigenvalue weighted by atomic mass is 9.93. The maximum Gasteiger partial charge on any atom is 0.295 e. The highest BCUT2D eigenvalue weighted by molar-refractivity contribution is 6.46. The van der Waals surface area contributed by atoms with Crippen LogP contribution in [0.2, 0.25) is 0 Å². The number of para-hydroxylation sites is 1. The topological polar surface area (TPSA) is 88.5 Å². The molecule has 0 radical (unpaired) electrons. The van der Waals surface area contributed by atoms with Crippen LogP contribution in [0, 0.1) is 6.92 Å². The monoisotopic (exact) mass is 618 g/mol. The van der Waals surface area contributed by atoms with Crippen molar-refractivity contribution in [3.63, 3.8) is 0 Å². The van der Waals surface area contributed by atoms with Gasteiger partial charge >= 0.3 is 0 Å². The zero-order valence-corrected chi connectivity index (χ0v) is 25.9. The van der Waals surface area contributed by atoms with Crippen molar-refractivity contribution >= 4 is 17.4 Å². The first-order valence-corrected chi connectivity index (χ1v) is 15.7. The second-order valence-corrected chi connectivity index (χ2v) is 11.5. The van der Waals surface area contributed by atoms with Crippen LogP contribution in [-0.2, 0) is 20.9 Å². The number of ether oxygens (including phenoxy) is 3. The van der Waals surface area contributed by atoms with Gasteiger partial charge in [-0.2, -0.15) is 0 Å². The van der Waals surface area contributed by atoms with E-state index in [-0.39, 0.29) is 11.3 Å². The number of morpholine rings is 1. The van der Waals surface area contributed by atoms with Crippen molar-refractivity contribution in [2.45, 2.75) is 26.0 Å². The number of benzene rings is 4. The first-order chi connectivity index (χ1) is 22.5. The zero-order valence-electron chi connectivity index (χ0n) is 25.9. The standard InChI is InChI=1S/C38H38N2O6/c1-27-24-31(45-26-28-10-4-2-5-11-28)16-17-33(27)36(41)34-35(29-12-8-15-32(25-29)46-30-13-6-3-7-14-30)40(38(43)37(34)42)19-9-18-39-20-22-44-23-21-39/h2-8,10-17,24-25,35,41H,9,18-23,26H2,1H3/b36-34+/t35-/m0/s1. The molecule has 2 saturated heterocycles. The Morgan fingerprint density at radius 2 is 1.54 bits per heavy atom. The number of hydrogen-bond acceptors (Lipinski definition) is 7. The fourth-order valence-corrected chi connectivity index (χ4v) is 6.00. The lowest BCUT2D eigenvalue weighted by molar-refractivity contribution is -0.140. The molecule has 2 aliphatic heterocycles. The number of aryl methyl sites for hydroxylation is 1. The molecule has 1 N–H and O–H groups in total. The Balaban J connectivity index is 1.31. The molecular formula is C38H38N2O6. The third-order valence-corrected chi connectivity index (χ3v) is 8.37. The van der Waals surface area contributed by atoms with E-state index < -0.39 is 17.7 Å². The van der Waals surface area contributed by atoms with Gasteiger partial charge in [0.05, 0.1) is 24.8 Å². The van der Waals surface area contributed by atoms with Gasteiger partial charge in [-0.15, -0.1) is 0 Å². The Hall–Kier alpha value is -4.92. The van der Waals surface area contributed by atoms with E-state index in [2.05, 4.69) is 4.90 Å². The van der Waals surface area contributed by atoms with E-state index in [0.717, 1.165) is 30.8 Å². The van der Waals surface area contributed by atoms with E-state index in [1.54, 1.807) is 17.0 Å². The summed E-state index contributed by atoms with van der Waals surface area (Å²) in [6, 6.07) is 31.2. The van der Waals surface area contributed by atoms with Crippen LogP contribution in [0.25, 0.3) is 5.76 Å². The number of hydrogen-bond donors (Lipinski definition) is 1. The van der Waals surface area contributed by atoms with Gasteiger partial charge in [-0.05, 0) is 72.5 Å². The molecule has 2 aliphatic rings. The van der Waals surface area contributed by atoms with Crippen LogP contribution >= 0.6 is 0 Å². The fraction of sp³-hybridized carbons (Fsp3) is 0.263. The van der Waals surface area contributed by atoms with Gasteiger partial charge in [-0.1, -0.05) is 60.7 Å². The largest absolute Gasteiger partial charge is 0.507 e. The molecule has 46 heavy (non-hydrogen) atoms. The number of likely N-dealkylation sites (tertiary alicyclic amines) is 1. The molecule has 4 aromatic carbocycles. The lowest BCUT2D eigenvalue weighted by Gasteiger charge is -2.29. The summed E-state index contributed by atoms with van der Waals surface area (Å²) in [5, 5.41) is 11.8. The number of aliphatic hydroxyl groups excluding tert-OH is 1. The minimum Gasteiger partial charge on any atom is -0.507 e. The van der Waals surface area contributed by atoms with Crippen molar-refractivity contribution in [1.29, 1.82) is 0 Å². The third kappa shape index (κ3) is 7.14. The Morgan fingerprint density at radius 3 is 2.28 bits per heavy atom. The van der Waals surface area contributed by atoms with Gasteiger partial charge in [0.15, 0.2) is 0 Å². The normalized spacial score (nSPS) is 18.1. The summed E-state index contributed by atoms with van der Waals surface area (Å²) in [5.41, 5.74) is 2.98. The van der Waals surface area contributed by atoms with Crippen LogP contribution in [-0.4, -0.2) is 66.0 Å². The highest BCUT2D eigenvalue weighted by Gasteiger charge is 2.46. The summed E-state index contributed by atoms with van der Waals surface area (Å²) in [4.78, 5) is 31.2. The molecule has 2 fully saturated rings. The Bertz CT molecular complexity index is 1700. The molecule has 0 spiro atoms. The van der Waals surface area contributed by atoms with Gasteiger partial charge in [0.1, 0.15) is 29.6 Å². The van der Waals surface area contributed by atoms with Gasteiger partial charge in [0, 0.05) is 31.7 Å². The van der Waals surface area contributed by atoms with Crippen LogP contribution in [0.4, 0.5) is 0 Å². The number of nitrogens with zero attached hydrogens (tertiary/aromatic N) is 2. The average molecular weight is 619 g/mol. The van der Waals surface area contributed by atoms with Gasteiger partial charge < -0.3 is 24.2 Å². The lowest BCUT2D eigenvalue weighted by Crippen LogP contribution is -2.38. The summed E-state index contributed by atoms with van der Waals surface area (Å²) < 4.78 is 17.5. The smallest absolute Gasteiger partial charge is 0.295 e. The highest BCUT2D eigenvalue weighted by Crippen LogP contribution is 2.41. The molecule has 0 aliphatic carbocycles. The second kappa shape index (κ2) is 14.5. The number of Topliss-reactive ketones (excluding diaryl/α,β-unsaturated/α-hetero) is 1. The van der Waals surface area contributed by atoms with E-state index in [9.17, 15) is 14.7 Å². The molecule has 8 nitrogen and oxygen atoms in total. The molecule has 6 rings (SSSR count). The fourth-order valence-electron chi connectivity index (χ4n) is 6.00. The SMILES string of the molecule is Cc1cc(OCc2ccccc2)ccc1/C(O)=C1\C(=O)C(=O)N(CCCN2CCOCC2)[C@H]1c1cccc(Oc2ccccc2)c1. The van der Waals surface area contributed by atoms with Crippen LogP contribution in [0.15, 0.2) is 109 Å². The van der Waals surface area contributed by atoms with Gasteiger partial charge in [0.25, 0.3) is 11.7 Å². The molecule has 236 valence electrons. The van der Waals surface area contributed by atoms with E-state index in [4.69, 9.17) is 14.2 Å². The molecule has 0 bridgehead atoms. The number of amides is 1. The second-order valence-electron chi connectivity index (χ2n) is 11.5. The van der Waals surface area contributed by atoms with E-state index in [0.29, 0.717) is 61.2 Å². The van der Waals surface area contributed by atoms with Crippen LogP contribution in [0.3, 0.4) is 0 Å². The zero-order chi connectivity index (χ0) is 31.9. The first-order valence-electron chi connectivity index (χ1n) is 15.7. The summed E-state index contributed by atoms with van der Waals surface area (Å²) >= 11 is 0. The molecule has 4 aromatic rings. The molecular weight excluding hydrogens is 580 g/mol. The van der Waals surface area contributed by atoms with E-state index >= 15 is 0 Å². The molecule has 8 heteroatoms. The van der Waals surface area contributed by atoms with Gasteiger partial charge in [0.2, 0.25) is 0 Å². The highest BCUT2D eigenvalue weighted by atomic mass is 16.5. The number of aliphatic hydroxyl groups is 1.